The molecule has 0 bridgehead atoms. The van der Waals surface area contributed by atoms with Gasteiger partial charge >= 0.3 is 0 Å². The van der Waals surface area contributed by atoms with E-state index in [0.717, 1.165) is 36.1 Å². The van der Waals surface area contributed by atoms with Gasteiger partial charge in [0.2, 0.25) is 0 Å². The van der Waals surface area contributed by atoms with Crippen LogP contribution in [0.3, 0.4) is 0 Å². The Morgan fingerprint density at radius 2 is 2.12 bits per heavy atom. The second kappa shape index (κ2) is 7.49. The molecule has 0 spiro atoms. The van der Waals surface area contributed by atoms with Crippen LogP contribution in [-0.4, -0.2) is 22.4 Å². The molecule has 1 aromatic heterocycles. The monoisotopic (exact) mass is 255 g/mol. The molecule has 1 heterocycles. The molecule has 1 aromatic rings. The maximum absolute atomic E-state index is 5.81. The van der Waals surface area contributed by atoms with E-state index >= 15 is 0 Å². The highest BCUT2D eigenvalue weighted by molar-refractivity contribution is 6.17. The average Bonchev–Trinajstić information content (AvgIpc) is 2.30. The zero-order valence-corrected chi connectivity index (χ0v) is 11.7. The van der Waals surface area contributed by atoms with Gasteiger partial charge in [-0.25, -0.2) is 4.98 Å². The van der Waals surface area contributed by atoms with Crippen LogP contribution >= 0.6 is 11.6 Å². The molecule has 0 fully saturated rings. The zero-order chi connectivity index (χ0) is 12.7. The van der Waals surface area contributed by atoms with Crippen molar-refractivity contribution in [1.82, 2.24) is 9.97 Å². The number of hydrogen-bond acceptors (Lipinski definition) is 3. The van der Waals surface area contributed by atoms with Crippen LogP contribution in [-0.2, 0) is 0 Å². The summed E-state index contributed by atoms with van der Waals surface area (Å²) in [6.45, 7) is 7.07. The molecule has 96 valence electrons. The van der Waals surface area contributed by atoms with Gasteiger partial charge in [0.15, 0.2) is 0 Å². The zero-order valence-electron chi connectivity index (χ0n) is 11.0. The molecule has 1 N–H and O–H groups in total. The van der Waals surface area contributed by atoms with Gasteiger partial charge in [0, 0.05) is 18.6 Å². The van der Waals surface area contributed by atoms with Crippen molar-refractivity contribution in [2.75, 3.05) is 17.7 Å². The van der Waals surface area contributed by atoms with Crippen molar-refractivity contribution in [3.05, 3.63) is 17.6 Å². The topological polar surface area (TPSA) is 37.8 Å². The van der Waals surface area contributed by atoms with E-state index in [-0.39, 0.29) is 0 Å². The standard InChI is InChI=1S/C13H22ClN3/c1-4-5-12(6-7-14)9-16-13-11(3)15-8-10(2)17-13/h8,12H,4-7,9H2,1-3H3,(H,16,17). The molecule has 0 saturated carbocycles. The predicted molar refractivity (Wildman–Crippen MR) is 73.7 cm³/mol. The summed E-state index contributed by atoms with van der Waals surface area (Å²) in [5.41, 5.74) is 1.90. The third-order valence-corrected chi connectivity index (χ3v) is 3.07. The van der Waals surface area contributed by atoms with E-state index in [4.69, 9.17) is 11.6 Å². The van der Waals surface area contributed by atoms with Crippen LogP contribution in [0.5, 0.6) is 0 Å². The Balaban J connectivity index is 2.55. The van der Waals surface area contributed by atoms with Gasteiger partial charge in [-0.05, 0) is 32.6 Å². The first-order chi connectivity index (χ1) is 8.17. The Kier molecular flexibility index (Phi) is 6.27. The maximum atomic E-state index is 5.81. The fraction of sp³-hybridized carbons (Fsp3) is 0.692. The lowest BCUT2D eigenvalue weighted by Crippen LogP contribution is -2.16. The lowest BCUT2D eigenvalue weighted by Gasteiger charge is -2.16. The molecule has 1 atom stereocenters. The van der Waals surface area contributed by atoms with Crippen LogP contribution < -0.4 is 5.32 Å². The normalized spacial score (nSPS) is 12.5. The largest absolute Gasteiger partial charge is 0.368 e. The van der Waals surface area contributed by atoms with E-state index in [1.807, 2.05) is 13.8 Å². The summed E-state index contributed by atoms with van der Waals surface area (Å²) in [6.07, 6.45) is 5.25. The second-order valence-electron chi connectivity index (χ2n) is 4.46. The highest BCUT2D eigenvalue weighted by Gasteiger charge is 2.08. The van der Waals surface area contributed by atoms with Gasteiger partial charge in [0.1, 0.15) is 5.82 Å². The first kappa shape index (κ1) is 14.2. The van der Waals surface area contributed by atoms with Crippen molar-refractivity contribution >= 4 is 17.4 Å². The molecule has 0 saturated heterocycles. The van der Waals surface area contributed by atoms with Crippen molar-refractivity contribution < 1.29 is 0 Å². The minimum absolute atomic E-state index is 0.624. The highest BCUT2D eigenvalue weighted by atomic mass is 35.5. The Labute approximate surface area is 109 Å². The lowest BCUT2D eigenvalue weighted by atomic mass is 10.0. The number of rotatable bonds is 7. The molecule has 17 heavy (non-hydrogen) atoms. The van der Waals surface area contributed by atoms with E-state index in [2.05, 4.69) is 22.2 Å². The Bertz CT molecular complexity index is 335. The molecule has 0 aliphatic heterocycles. The van der Waals surface area contributed by atoms with Crippen LogP contribution in [0.1, 0.15) is 37.6 Å². The number of nitrogens with zero attached hydrogens (tertiary/aromatic N) is 2. The van der Waals surface area contributed by atoms with Crippen LogP contribution in [0.4, 0.5) is 5.82 Å². The quantitative estimate of drug-likeness (QED) is 0.758. The Morgan fingerprint density at radius 3 is 2.76 bits per heavy atom. The SMILES string of the molecule is CCCC(CCCl)CNc1nc(C)cnc1C. The van der Waals surface area contributed by atoms with E-state index < -0.39 is 0 Å². The molecule has 4 heteroatoms. The molecule has 0 amide bonds. The first-order valence-corrected chi connectivity index (χ1v) is 6.80. The fourth-order valence-corrected chi connectivity index (χ4v) is 2.17. The summed E-state index contributed by atoms with van der Waals surface area (Å²) in [5, 5.41) is 3.39. The number of anilines is 1. The van der Waals surface area contributed by atoms with Crippen LogP contribution in [0.25, 0.3) is 0 Å². The van der Waals surface area contributed by atoms with Crippen molar-refractivity contribution in [2.24, 2.45) is 5.92 Å². The fourth-order valence-electron chi connectivity index (χ4n) is 1.86. The number of nitrogens with one attached hydrogen (secondary N) is 1. The van der Waals surface area contributed by atoms with Crippen LogP contribution in [0, 0.1) is 19.8 Å². The molecule has 0 aliphatic rings. The summed E-state index contributed by atoms with van der Waals surface area (Å²) in [6, 6.07) is 0. The van der Waals surface area contributed by atoms with Gasteiger partial charge in [-0.15, -0.1) is 11.6 Å². The van der Waals surface area contributed by atoms with Crippen molar-refractivity contribution in [1.29, 1.82) is 0 Å². The number of hydrogen-bond donors (Lipinski definition) is 1. The third kappa shape index (κ3) is 4.90. The van der Waals surface area contributed by atoms with Crippen molar-refractivity contribution in [3.8, 4) is 0 Å². The molecule has 3 nitrogen and oxygen atoms in total. The summed E-state index contributed by atoms with van der Waals surface area (Å²) in [7, 11) is 0. The van der Waals surface area contributed by atoms with Crippen molar-refractivity contribution in [2.45, 2.75) is 40.0 Å². The summed E-state index contributed by atoms with van der Waals surface area (Å²) in [5.74, 6) is 2.25. The van der Waals surface area contributed by atoms with Crippen LogP contribution in [0.2, 0.25) is 0 Å². The first-order valence-electron chi connectivity index (χ1n) is 6.27. The Morgan fingerprint density at radius 1 is 1.35 bits per heavy atom. The van der Waals surface area contributed by atoms with Gasteiger partial charge in [0.05, 0.1) is 11.4 Å². The van der Waals surface area contributed by atoms with Crippen LogP contribution in [0.15, 0.2) is 6.20 Å². The van der Waals surface area contributed by atoms with Gasteiger partial charge in [-0.2, -0.15) is 0 Å². The average molecular weight is 256 g/mol. The molecular formula is C13H22ClN3. The van der Waals surface area contributed by atoms with Crippen molar-refractivity contribution in [3.63, 3.8) is 0 Å². The van der Waals surface area contributed by atoms with Gasteiger partial charge in [-0.1, -0.05) is 13.3 Å². The number of aryl methyl sites for hydroxylation is 2. The third-order valence-electron chi connectivity index (χ3n) is 2.85. The number of alkyl halides is 1. The highest BCUT2D eigenvalue weighted by Crippen LogP contribution is 2.15. The van der Waals surface area contributed by atoms with Gasteiger partial charge in [0.25, 0.3) is 0 Å². The second-order valence-corrected chi connectivity index (χ2v) is 4.84. The predicted octanol–water partition coefficient (Wildman–Crippen LogP) is 3.55. The minimum Gasteiger partial charge on any atom is -0.368 e. The molecule has 1 unspecified atom stereocenters. The lowest BCUT2D eigenvalue weighted by molar-refractivity contribution is 0.489. The summed E-state index contributed by atoms with van der Waals surface area (Å²) >= 11 is 5.81. The van der Waals surface area contributed by atoms with E-state index in [9.17, 15) is 0 Å². The van der Waals surface area contributed by atoms with E-state index in [1.165, 1.54) is 12.8 Å². The molecule has 0 aromatic carbocycles. The summed E-state index contributed by atoms with van der Waals surface area (Å²) < 4.78 is 0. The van der Waals surface area contributed by atoms with Gasteiger partial charge in [-0.3, -0.25) is 4.98 Å². The molecule has 1 rings (SSSR count). The van der Waals surface area contributed by atoms with E-state index in [0.29, 0.717) is 5.92 Å². The maximum Gasteiger partial charge on any atom is 0.147 e. The number of aromatic nitrogens is 2. The van der Waals surface area contributed by atoms with E-state index in [1.54, 1.807) is 6.20 Å². The number of halogens is 1. The minimum atomic E-state index is 0.624. The molecule has 0 radical (unpaired) electrons. The smallest absolute Gasteiger partial charge is 0.147 e. The van der Waals surface area contributed by atoms with Gasteiger partial charge < -0.3 is 5.32 Å². The molecular weight excluding hydrogens is 234 g/mol. The Hall–Kier alpha value is -0.830. The summed E-state index contributed by atoms with van der Waals surface area (Å²) in [4.78, 5) is 8.76. The molecule has 0 aliphatic carbocycles.